The maximum atomic E-state index is 12.5. The van der Waals surface area contributed by atoms with E-state index in [-0.39, 0.29) is 11.0 Å². The maximum absolute atomic E-state index is 12.5. The SMILES string of the molecule is O=C(NC(=S)NNC(=O)c1ccccc1I)c1cccc(OCCc2ccccc2)c1. The van der Waals surface area contributed by atoms with Gasteiger partial charge in [-0.3, -0.25) is 25.8 Å². The van der Waals surface area contributed by atoms with Crippen molar-refractivity contribution in [2.75, 3.05) is 6.61 Å². The second-order valence-electron chi connectivity index (χ2n) is 6.45. The first-order valence-electron chi connectivity index (χ1n) is 9.46. The molecular formula is C23H20IN3O3S. The van der Waals surface area contributed by atoms with Gasteiger partial charge in [-0.2, -0.15) is 0 Å². The molecule has 0 saturated carbocycles. The third kappa shape index (κ3) is 7.04. The van der Waals surface area contributed by atoms with Crippen molar-refractivity contribution in [3.63, 3.8) is 0 Å². The molecule has 0 aliphatic carbocycles. The Balaban J connectivity index is 1.48. The van der Waals surface area contributed by atoms with Gasteiger partial charge in [0.1, 0.15) is 5.75 Å². The molecule has 3 aromatic rings. The normalized spacial score (nSPS) is 10.1. The van der Waals surface area contributed by atoms with Crippen molar-refractivity contribution in [2.24, 2.45) is 0 Å². The molecule has 3 N–H and O–H groups in total. The molecule has 0 bridgehead atoms. The minimum Gasteiger partial charge on any atom is -0.493 e. The van der Waals surface area contributed by atoms with Crippen LogP contribution in [0.5, 0.6) is 5.75 Å². The van der Waals surface area contributed by atoms with Crippen LogP contribution < -0.4 is 20.9 Å². The van der Waals surface area contributed by atoms with Crippen LogP contribution in [0, 0.1) is 3.57 Å². The number of carbonyl (C=O) groups is 2. The highest BCUT2D eigenvalue weighted by molar-refractivity contribution is 14.1. The predicted octanol–water partition coefficient (Wildman–Crippen LogP) is 3.86. The number of thiocarbonyl (C=S) groups is 1. The van der Waals surface area contributed by atoms with Crippen LogP contribution >= 0.6 is 34.8 Å². The zero-order chi connectivity index (χ0) is 22.1. The third-order valence-electron chi connectivity index (χ3n) is 4.23. The summed E-state index contributed by atoms with van der Waals surface area (Å²) in [6, 6.07) is 24.0. The smallest absolute Gasteiger partial charge is 0.270 e. The van der Waals surface area contributed by atoms with Crippen molar-refractivity contribution in [2.45, 2.75) is 6.42 Å². The second-order valence-corrected chi connectivity index (χ2v) is 8.02. The van der Waals surface area contributed by atoms with Gasteiger partial charge in [0, 0.05) is 15.6 Å². The Morgan fingerprint density at radius 1 is 0.871 bits per heavy atom. The zero-order valence-corrected chi connectivity index (χ0v) is 19.4. The van der Waals surface area contributed by atoms with Gasteiger partial charge in [-0.05, 0) is 70.7 Å². The monoisotopic (exact) mass is 545 g/mol. The number of hydrazine groups is 1. The first-order chi connectivity index (χ1) is 15.0. The minimum absolute atomic E-state index is 0.0142. The van der Waals surface area contributed by atoms with Gasteiger partial charge in [0.2, 0.25) is 0 Å². The van der Waals surface area contributed by atoms with Crippen molar-refractivity contribution in [1.82, 2.24) is 16.2 Å². The number of halogens is 1. The van der Waals surface area contributed by atoms with Crippen LogP contribution in [0.1, 0.15) is 26.3 Å². The molecule has 158 valence electrons. The molecule has 3 aromatic carbocycles. The van der Waals surface area contributed by atoms with E-state index in [4.69, 9.17) is 17.0 Å². The predicted molar refractivity (Wildman–Crippen MR) is 132 cm³/mol. The second kappa shape index (κ2) is 11.4. The summed E-state index contributed by atoms with van der Waals surface area (Å²) in [4.78, 5) is 24.7. The fraction of sp³-hybridized carbons (Fsp3) is 0.0870. The molecule has 0 spiro atoms. The van der Waals surface area contributed by atoms with Crippen molar-refractivity contribution in [3.05, 3.63) is 99.1 Å². The van der Waals surface area contributed by atoms with Crippen LogP contribution in [0.2, 0.25) is 0 Å². The van der Waals surface area contributed by atoms with Gasteiger partial charge in [0.25, 0.3) is 11.8 Å². The molecule has 8 heteroatoms. The fourth-order valence-electron chi connectivity index (χ4n) is 2.69. The zero-order valence-electron chi connectivity index (χ0n) is 16.4. The number of rotatable bonds is 6. The van der Waals surface area contributed by atoms with Crippen molar-refractivity contribution in [3.8, 4) is 5.75 Å². The summed E-state index contributed by atoms with van der Waals surface area (Å²) in [5.74, 6) is -0.167. The van der Waals surface area contributed by atoms with Crippen LogP contribution in [0.25, 0.3) is 0 Å². The number of carbonyl (C=O) groups excluding carboxylic acids is 2. The molecule has 0 aliphatic rings. The van der Waals surface area contributed by atoms with E-state index in [0.717, 1.165) is 9.99 Å². The standard InChI is InChI=1S/C23H20IN3O3S/c24-20-12-5-4-11-19(20)22(29)26-27-23(31)25-21(28)17-9-6-10-18(15-17)30-14-13-16-7-2-1-3-8-16/h1-12,15H,13-14H2,(H,26,29)(H2,25,27,28,31). The molecule has 0 radical (unpaired) electrons. The Hall–Kier alpha value is -2.98. The highest BCUT2D eigenvalue weighted by Gasteiger charge is 2.12. The lowest BCUT2D eigenvalue weighted by Gasteiger charge is -2.12. The summed E-state index contributed by atoms with van der Waals surface area (Å²) in [5.41, 5.74) is 7.10. The number of hydrogen-bond acceptors (Lipinski definition) is 4. The Morgan fingerprint density at radius 3 is 2.39 bits per heavy atom. The van der Waals surface area contributed by atoms with Crippen molar-refractivity contribution in [1.29, 1.82) is 0 Å². The lowest BCUT2D eigenvalue weighted by atomic mass is 10.2. The first kappa shape index (κ1) is 22.7. The molecule has 0 aromatic heterocycles. The molecule has 0 unspecified atom stereocenters. The molecule has 31 heavy (non-hydrogen) atoms. The average molecular weight is 545 g/mol. The molecule has 2 amide bonds. The number of hydrogen-bond donors (Lipinski definition) is 3. The molecule has 0 saturated heterocycles. The van der Waals surface area contributed by atoms with Crippen LogP contribution in [0.3, 0.4) is 0 Å². The van der Waals surface area contributed by atoms with E-state index in [1.54, 1.807) is 36.4 Å². The maximum Gasteiger partial charge on any atom is 0.270 e. The Morgan fingerprint density at radius 2 is 1.61 bits per heavy atom. The van der Waals surface area contributed by atoms with Crippen molar-refractivity contribution < 1.29 is 14.3 Å². The third-order valence-corrected chi connectivity index (χ3v) is 5.38. The molecule has 0 aliphatic heterocycles. The van der Waals surface area contributed by atoms with Gasteiger partial charge < -0.3 is 4.74 Å². The van der Waals surface area contributed by atoms with E-state index >= 15 is 0 Å². The van der Waals surface area contributed by atoms with E-state index in [0.29, 0.717) is 23.5 Å². The van der Waals surface area contributed by atoms with Gasteiger partial charge in [-0.15, -0.1) is 0 Å². The number of nitrogens with one attached hydrogen (secondary N) is 3. The largest absolute Gasteiger partial charge is 0.493 e. The fourth-order valence-corrected chi connectivity index (χ4v) is 3.47. The molecule has 3 rings (SSSR count). The van der Waals surface area contributed by atoms with E-state index in [1.807, 2.05) is 42.5 Å². The van der Waals surface area contributed by atoms with Gasteiger partial charge >= 0.3 is 0 Å². The summed E-state index contributed by atoms with van der Waals surface area (Å²) < 4.78 is 6.56. The summed E-state index contributed by atoms with van der Waals surface area (Å²) in [7, 11) is 0. The molecular weight excluding hydrogens is 525 g/mol. The van der Waals surface area contributed by atoms with Gasteiger partial charge in [0.15, 0.2) is 5.11 Å². The summed E-state index contributed by atoms with van der Waals surface area (Å²) in [5, 5.41) is 2.52. The van der Waals surface area contributed by atoms with Crippen LogP contribution in [0.15, 0.2) is 78.9 Å². The Labute approximate surface area is 199 Å². The topological polar surface area (TPSA) is 79.5 Å². The lowest BCUT2D eigenvalue weighted by Crippen LogP contribution is -2.48. The van der Waals surface area contributed by atoms with Crippen LogP contribution in [-0.2, 0) is 6.42 Å². The van der Waals surface area contributed by atoms with Gasteiger partial charge in [0.05, 0.1) is 12.2 Å². The van der Waals surface area contributed by atoms with Crippen LogP contribution in [-0.4, -0.2) is 23.5 Å². The molecule has 0 heterocycles. The average Bonchev–Trinajstić information content (AvgIpc) is 2.79. The van der Waals surface area contributed by atoms with Gasteiger partial charge in [-0.1, -0.05) is 48.5 Å². The quantitative estimate of drug-likeness (QED) is 0.249. The van der Waals surface area contributed by atoms with E-state index in [2.05, 4.69) is 38.8 Å². The Bertz CT molecular complexity index is 1080. The number of amides is 2. The first-order valence-corrected chi connectivity index (χ1v) is 10.9. The Kier molecular flexibility index (Phi) is 8.36. The number of benzene rings is 3. The summed E-state index contributed by atoms with van der Waals surface area (Å²) in [6.45, 7) is 0.499. The summed E-state index contributed by atoms with van der Waals surface area (Å²) in [6.07, 6.45) is 0.769. The molecule has 0 atom stereocenters. The lowest BCUT2D eigenvalue weighted by molar-refractivity contribution is 0.0934. The molecule has 6 nitrogen and oxygen atoms in total. The molecule has 0 fully saturated rings. The van der Waals surface area contributed by atoms with E-state index in [1.165, 1.54) is 5.56 Å². The van der Waals surface area contributed by atoms with Crippen LogP contribution in [0.4, 0.5) is 0 Å². The highest BCUT2D eigenvalue weighted by atomic mass is 127. The van der Waals surface area contributed by atoms with Crippen molar-refractivity contribution >= 4 is 51.7 Å². The minimum atomic E-state index is -0.408. The number of ether oxygens (including phenoxy) is 1. The van der Waals surface area contributed by atoms with E-state index < -0.39 is 5.91 Å². The summed E-state index contributed by atoms with van der Waals surface area (Å²) >= 11 is 7.17. The van der Waals surface area contributed by atoms with E-state index in [9.17, 15) is 9.59 Å². The van der Waals surface area contributed by atoms with Gasteiger partial charge in [-0.25, -0.2) is 0 Å². The highest BCUT2D eigenvalue weighted by Crippen LogP contribution is 2.14.